The van der Waals surface area contributed by atoms with Crippen LogP contribution in [0.15, 0.2) is 35.1 Å². The van der Waals surface area contributed by atoms with Gasteiger partial charge in [-0.15, -0.1) is 0 Å². The number of carbonyl (C=O) groups excluding carboxylic acids is 1. The summed E-state index contributed by atoms with van der Waals surface area (Å²) in [6.07, 6.45) is -4.80. The van der Waals surface area contributed by atoms with E-state index in [0.717, 1.165) is 34.1 Å². The zero-order valence-electron chi connectivity index (χ0n) is 20.2. The van der Waals surface area contributed by atoms with E-state index in [2.05, 4.69) is 15.9 Å². The van der Waals surface area contributed by atoms with E-state index < -0.39 is 57.2 Å². The minimum atomic E-state index is -4.80. The summed E-state index contributed by atoms with van der Waals surface area (Å²) >= 11 is 5.43. The Labute approximate surface area is 216 Å². The van der Waals surface area contributed by atoms with Gasteiger partial charge in [-0.3, -0.25) is 14.5 Å². The number of aromatic nitrogens is 2. The van der Waals surface area contributed by atoms with Crippen molar-refractivity contribution < 1.29 is 31.1 Å². The highest BCUT2D eigenvalue weighted by Crippen LogP contribution is 2.40. The topological polar surface area (TPSA) is 73.7 Å². The Bertz CT molecular complexity index is 1630. The molecule has 2 heterocycles. The monoisotopic (exact) mass is 554 g/mol. The van der Waals surface area contributed by atoms with Crippen LogP contribution in [-0.4, -0.2) is 33.6 Å². The second kappa shape index (κ2) is 8.80. The lowest BCUT2D eigenvalue weighted by Crippen LogP contribution is -2.44. The molecular weight excluding hydrogens is 536 g/mol. The molecule has 0 radical (unpaired) electrons. The molecule has 1 aliphatic heterocycles. The van der Waals surface area contributed by atoms with Crippen molar-refractivity contribution in [1.82, 2.24) is 9.97 Å². The summed E-state index contributed by atoms with van der Waals surface area (Å²) in [5.41, 5.74) is -4.99. The lowest BCUT2D eigenvalue weighted by atomic mass is 10.0. The number of carbonyl (C=O) groups is 1. The first-order chi connectivity index (χ1) is 17.5. The van der Waals surface area contributed by atoms with Crippen LogP contribution in [0.25, 0.3) is 15.7 Å². The maximum absolute atomic E-state index is 15.1. The van der Waals surface area contributed by atoms with E-state index in [0.29, 0.717) is 6.92 Å². The number of aromatic amines is 1. The van der Waals surface area contributed by atoms with Crippen LogP contribution in [0.4, 0.5) is 37.7 Å². The summed E-state index contributed by atoms with van der Waals surface area (Å²) in [7, 11) is 1.26. The number of alkyl halides is 5. The van der Waals surface area contributed by atoms with E-state index in [1.807, 2.05) is 4.98 Å². The van der Waals surface area contributed by atoms with Gasteiger partial charge in [-0.25, -0.2) is 9.37 Å². The lowest BCUT2D eigenvalue weighted by molar-refractivity contribution is -0.137. The quantitative estimate of drug-likeness (QED) is 0.346. The van der Waals surface area contributed by atoms with Gasteiger partial charge in [0.2, 0.25) is 0 Å². The van der Waals surface area contributed by atoms with E-state index in [4.69, 9.17) is 12.2 Å². The number of anilines is 2. The van der Waals surface area contributed by atoms with Crippen LogP contribution in [0.3, 0.4) is 0 Å². The van der Waals surface area contributed by atoms with Crippen LogP contribution in [0.1, 0.15) is 37.7 Å². The van der Waals surface area contributed by atoms with Gasteiger partial charge >= 0.3 is 18.2 Å². The van der Waals surface area contributed by atoms with Gasteiger partial charge in [-0.1, -0.05) is 4.85 Å². The van der Waals surface area contributed by atoms with Crippen molar-refractivity contribution in [1.29, 1.82) is 0 Å². The summed E-state index contributed by atoms with van der Waals surface area (Å²) in [5.74, 6) is -6.45. The first-order valence-electron chi connectivity index (χ1n) is 10.8. The van der Waals surface area contributed by atoms with Crippen LogP contribution < -0.4 is 15.4 Å². The van der Waals surface area contributed by atoms with Gasteiger partial charge in [0.05, 0.1) is 16.6 Å². The molecule has 0 bridgehead atoms. The van der Waals surface area contributed by atoms with Crippen LogP contribution in [-0.2, 0) is 16.9 Å². The number of nitrogens with zero attached hydrogens (tertiary/aromatic N) is 4. The Morgan fingerprint density at radius 2 is 1.74 bits per heavy atom. The first-order valence-corrected chi connectivity index (χ1v) is 11.3. The molecule has 2 aromatic carbocycles. The molecule has 14 heteroatoms. The summed E-state index contributed by atoms with van der Waals surface area (Å²) in [6, 6.07) is 7.25. The summed E-state index contributed by atoms with van der Waals surface area (Å²) in [4.78, 5) is 36.9. The molecule has 1 aromatic heterocycles. The Kier molecular flexibility index (Phi) is 6.26. The minimum absolute atomic E-state index is 0.108. The van der Waals surface area contributed by atoms with E-state index in [-0.39, 0.29) is 22.1 Å². The number of hydrogen-bond acceptors (Lipinski definition) is 4. The third-order valence-electron chi connectivity index (χ3n) is 5.89. The van der Waals surface area contributed by atoms with Crippen molar-refractivity contribution >= 4 is 45.5 Å². The average molecular weight is 554 g/mol. The standard InChI is InChI=1S/C24H17F6N5O2S/c1-22(2)20(37)34(12-6-5-11(10-31-4)15(8-12)24(28,29)30)21(38)35(22)13-7-14-17(16(25)9-13)32-19(23(3,26)27)33-18(14)36/h5-9H,1-4H3/p+1. The maximum Gasteiger partial charge on any atom is 0.417 e. The Morgan fingerprint density at radius 3 is 2.32 bits per heavy atom. The second-order valence-electron chi connectivity index (χ2n) is 9.01. The van der Waals surface area contributed by atoms with Crippen LogP contribution >= 0.6 is 12.2 Å². The predicted molar refractivity (Wildman–Crippen MR) is 132 cm³/mol. The molecule has 0 aliphatic carbocycles. The molecule has 1 N–H and O–H groups in total. The molecule has 1 aliphatic rings. The predicted octanol–water partition coefficient (Wildman–Crippen LogP) is 5.42. The number of nitrogens with one attached hydrogen (secondary N) is 1. The molecule has 4 rings (SSSR count). The fourth-order valence-corrected chi connectivity index (χ4v) is 4.62. The van der Waals surface area contributed by atoms with Crippen molar-refractivity contribution in [3.05, 3.63) is 68.3 Å². The molecule has 1 saturated heterocycles. The third kappa shape index (κ3) is 4.36. The molecule has 0 saturated carbocycles. The Hall–Kier alpha value is -3.99. The number of rotatable bonds is 3. The zero-order chi connectivity index (χ0) is 28.4. The molecule has 0 atom stereocenters. The highest BCUT2D eigenvalue weighted by atomic mass is 32.1. The van der Waals surface area contributed by atoms with Crippen molar-refractivity contribution in [3.63, 3.8) is 0 Å². The van der Waals surface area contributed by atoms with E-state index in [9.17, 15) is 31.5 Å². The number of amides is 1. The van der Waals surface area contributed by atoms with Gasteiger partial charge < -0.3 is 9.88 Å². The zero-order valence-corrected chi connectivity index (χ0v) is 21.0. The summed E-state index contributed by atoms with van der Waals surface area (Å²) in [6.45, 7) is 3.30. The number of benzene rings is 2. The number of halogens is 6. The molecule has 0 unspecified atom stereocenters. The second-order valence-corrected chi connectivity index (χ2v) is 9.37. The van der Waals surface area contributed by atoms with Crippen LogP contribution in [0.2, 0.25) is 0 Å². The summed E-state index contributed by atoms with van der Waals surface area (Å²) in [5, 5.41) is -0.690. The van der Waals surface area contributed by atoms with Gasteiger partial charge in [0.15, 0.2) is 16.8 Å². The molecule has 198 valence electrons. The lowest BCUT2D eigenvalue weighted by Gasteiger charge is -2.29. The normalized spacial score (nSPS) is 15.7. The van der Waals surface area contributed by atoms with E-state index in [1.54, 1.807) is 0 Å². The summed E-state index contributed by atoms with van der Waals surface area (Å²) < 4.78 is 83.6. The molecule has 1 fully saturated rings. The SMILES string of the molecule is C[N+]#Cc1ccc(N2C(=O)C(C)(C)N(c3cc(F)c4nc(C(C)(F)F)[nH]c(=O)c4c3)C2=S)cc1C(F)(F)F. The molecule has 7 nitrogen and oxygen atoms in total. The minimum Gasteiger partial charge on any atom is -0.305 e. The first kappa shape index (κ1) is 27.1. The number of hydrogen-bond donors (Lipinski definition) is 1. The fourth-order valence-electron chi connectivity index (χ4n) is 4.10. The van der Waals surface area contributed by atoms with Gasteiger partial charge in [0, 0.05) is 12.6 Å². The molecule has 1 amide bonds. The van der Waals surface area contributed by atoms with Crippen molar-refractivity contribution in [2.75, 3.05) is 16.8 Å². The highest BCUT2D eigenvalue weighted by Gasteiger charge is 2.51. The van der Waals surface area contributed by atoms with E-state index >= 15 is 4.39 Å². The molecular formula is C24H18F6N5O2S+. The van der Waals surface area contributed by atoms with Gasteiger partial charge in [-0.2, -0.15) is 22.0 Å². The van der Waals surface area contributed by atoms with E-state index in [1.165, 1.54) is 27.0 Å². The van der Waals surface area contributed by atoms with Crippen LogP contribution in [0, 0.1) is 11.9 Å². The van der Waals surface area contributed by atoms with Crippen LogP contribution in [0.5, 0.6) is 0 Å². The molecule has 0 spiro atoms. The van der Waals surface area contributed by atoms with Crippen molar-refractivity contribution in [3.8, 4) is 6.07 Å². The van der Waals surface area contributed by atoms with Crippen molar-refractivity contribution in [2.24, 2.45) is 0 Å². The molecule has 38 heavy (non-hydrogen) atoms. The van der Waals surface area contributed by atoms with Gasteiger partial charge in [-0.05, 0) is 56.4 Å². The van der Waals surface area contributed by atoms with Gasteiger partial charge in [0.25, 0.3) is 18.5 Å². The number of fused-ring (bicyclic) bond motifs is 1. The number of H-pyrrole nitrogens is 1. The fraction of sp³-hybridized carbons (Fsp3) is 0.292. The average Bonchev–Trinajstić information content (AvgIpc) is 2.97. The van der Waals surface area contributed by atoms with Gasteiger partial charge in [0.1, 0.15) is 16.6 Å². The smallest absolute Gasteiger partial charge is 0.305 e. The third-order valence-corrected chi connectivity index (χ3v) is 6.25. The largest absolute Gasteiger partial charge is 0.417 e. The molecule has 3 aromatic rings. The Balaban J connectivity index is 1.86. The highest BCUT2D eigenvalue weighted by molar-refractivity contribution is 7.81. The number of thiocarbonyl (C=S) groups is 1. The Morgan fingerprint density at radius 1 is 1.08 bits per heavy atom. The van der Waals surface area contributed by atoms with Crippen molar-refractivity contribution in [2.45, 2.75) is 38.4 Å². The maximum atomic E-state index is 15.1.